The van der Waals surface area contributed by atoms with Gasteiger partial charge in [0.05, 0.1) is 37.7 Å². The van der Waals surface area contributed by atoms with E-state index in [1.807, 2.05) is 24.3 Å². The summed E-state index contributed by atoms with van der Waals surface area (Å²) < 4.78 is 5.38. The topological polar surface area (TPSA) is 77.9 Å². The molecule has 1 fully saturated rings. The summed E-state index contributed by atoms with van der Waals surface area (Å²) >= 11 is 0. The number of morpholine rings is 1. The Bertz CT molecular complexity index is 821. The van der Waals surface area contributed by atoms with Crippen molar-refractivity contribution < 1.29 is 14.6 Å². The number of anilines is 2. The van der Waals surface area contributed by atoms with E-state index in [9.17, 15) is 9.90 Å². The second-order valence-corrected chi connectivity index (χ2v) is 7.46. The van der Waals surface area contributed by atoms with Gasteiger partial charge in [0, 0.05) is 19.6 Å². The molecule has 2 aromatic rings. The van der Waals surface area contributed by atoms with Crippen LogP contribution in [-0.4, -0.2) is 60.5 Å². The van der Waals surface area contributed by atoms with Crippen LogP contribution in [0.4, 0.5) is 16.3 Å². The normalized spacial score (nSPS) is 18.8. The highest BCUT2D eigenvalue weighted by Crippen LogP contribution is 2.34. The van der Waals surface area contributed by atoms with Crippen LogP contribution in [0.5, 0.6) is 0 Å². The molecule has 2 heterocycles. The van der Waals surface area contributed by atoms with Crippen molar-refractivity contribution in [3.05, 3.63) is 53.7 Å². The third-order valence-electron chi connectivity index (χ3n) is 5.65. The number of nitrogens with zero attached hydrogens (tertiary/aromatic N) is 3. The predicted octanol–water partition coefficient (Wildman–Crippen LogP) is 2.82. The van der Waals surface area contributed by atoms with E-state index in [1.165, 1.54) is 11.1 Å². The number of ether oxygens (including phenoxy) is 1. The number of amides is 2. The fraction of sp³-hybridized carbons (Fsp3) is 0.455. The molecule has 2 amide bonds. The van der Waals surface area contributed by atoms with Crippen LogP contribution in [0.3, 0.4) is 0 Å². The summed E-state index contributed by atoms with van der Waals surface area (Å²) in [7, 11) is 0. The van der Waals surface area contributed by atoms with Crippen molar-refractivity contribution in [1.29, 1.82) is 0 Å². The summed E-state index contributed by atoms with van der Waals surface area (Å²) in [6.45, 7) is 3.29. The third kappa shape index (κ3) is 4.52. The number of benzene rings is 1. The van der Waals surface area contributed by atoms with Crippen LogP contribution in [0.2, 0.25) is 0 Å². The number of carbonyl (C=O) groups is 1. The van der Waals surface area contributed by atoms with Gasteiger partial charge in [-0.3, -0.25) is 0 Å². The number of aliphatic hydroxyl groups excluding tert-OH is 1. The minimum absolute atomic E-state index is 0.0207. The van der Waals surface area contributed by atoms with Crippen LogP contribution in [0.15, 0.2) is 42.6 Å². The quantitative estimate of drug-likeness (QED) is 0.813. The zero-order chi connectivity index (χ0) is 20.1. The van der Waals surface area contributed by atoms with Crippen LogP contribution in [0.1, 0.15) is 30.0 Å². The summed E-state index contributed by atoms with van der Waals surface area (Å²) in [5, 5.41) is 12.5. The Balaban J connectivity index is 1.47. The predicted molar refractivity (Wildman–Crippen MR) is 112 cm³/mol. The molecule has 2 aliphatic rings. The van der Waals surface area contributed by atoms with Crippen molar-refractivity contribution in [2.24, 2.45) is 0 Å². The fourth-order valence-corrected chi connectivity index (χ4v) is 4.19. The molecule has 1 saturated heterocycles. The number of aromatic nitrogens is 1. The van der Waals surface area contributed by atoms with Crippen molar-refractivity contribution >= 4 is 17.5 Å². The number of carbonyl (C=O) groups excluding carboxylic acids is 1. The number of nitrogens with one attached hydrogen (secondary N) is 1. The van der Waals surface area contributed by atoms with Crippen molar-refractivity contribution in [3.63, 3.8) is 0 Å². The van der Waals surface area contributed by atoms with E-state index in [2.05, 4.69) is 27.3 Å². The minimum Gasteiger partial charge on any atom is -0.395 e. The Labute approximate surface area is 171 Å². The Morgan fingerprint density at radius 2 is 2.07 bits per heavy atom. The van der Waals surface area contributed by atoms with E-state index in [0.717, 1.165) is 38.2 Å². The number of pyridine rings is 1. The van der Waals surface area contributed by atoms with Gasteiger partial charge in [-0.25, -0.2) is 9.78 Å². The van der Waals surface area contributed by atoms with E-state index in [-0.39, 0.29) is 18.7 Å². The maximum absolute atomic E-state index is 13.0. The van der Waals surface area contributed by atoms with Crippen LogP contribution < -0.4 is 10.2 Å². The van der Waals surface area contributed by atoms with E-state index in [4.69, 9.17) is 4.74 Å². The van der Waals surface area contributed by atoms with Crippen LogP contribution in [0, 0.1) is 0 Å². The second kappa shape index (κ2) is 9.24. The molecule has 2 N–H and O–H groups in total. The van der Waals surface area contributed by atoms with Gasteiger partial charge in [0.15, 0.2) is 0 Å². The van der Waals surface area contributed by atoms with Crippen LogP contribution in [0.25, 0.3) is 0 Å². The lowest BCUT2D eigenvalue weighted by Crippen LogP contribution is -2.41. The highest BCUT2D eigenvalue weighted by Gasteiger charge is 2.29. The molecular formula is C22H28N4O3. The van der Waals surface area contributed by atoms with E-state index < -0.39 is 0 Å². The fourth-order valence-electron chi connectivity index (χ4n) is 4.19. The number of fused-ring (bicyclic) bond motifs is 1. The molecular weight excluding hydrogens is 368 g/mol. The van der Waals surface area contributed by atoms with Gasteiger partial charge in [-0.15, -0.1) is 0 Å². The molecule has 1 aliphatic carbocycles. The molecule has 154 valence electrons. The first-order chi connectivity index (χ1) is 14.3. The van der Waals surface area contributed by atoms with E-state index in [0.29, 0.717) is 25.4 Å². The number of aryl methyl sites for hydroxylation is 1. The van der Waals surface area contributed by atoms with Gasteiger partial charge < -0.3 is 25.0 Å². The van der Waals surface area contributed by atoms with Crippen molar-refractivity contribution in [2.75, 3.05) is 49.7 Å². The number of urea groups is 1. The molecule has 7 nitrogen and oxygen atoms in total. The van der Waals surface area contributed by atoms with Crippen molar-refractivity contribution in [1.82, 2.24) is 9.88 Å². The van der Waals surface area contributed by atoms with Gasteiger partial charge in [-0.1, -0.05) is 24.3 Å². The first-order valence-corrected chi connectivity index (χ1v) is 10.3. The van der Waals surface area contributed by atoms with Gasteiger partial charge in [-0.2, -0.15) is 0 Å². The maximum Gasteiger partial charge on any atom is 0.322 e. The van der Waals surface area contributed by atoms with Gasteiger partial charge >= 0.3 is 6.03 Å². The summed E-state index contributed by atoms with van der Waals surface area (Å²) in [4.78, 5) is 21.5. The van der Waals surface area contributed by atoms with Gasteiger partial charge in [0.1, 0.15) is 5.82 Å². The van der Waals surface area contributed by atoms with Gasteiger partial charge in [0.2, 0.25) is 0 Å². The Morgan fingerprint density at radius 1 is 1.24 bits per heavy atom. The summed E-state index contributed by atoms with van der Waals surface area (Å²) in [5.74, 6) is 0.889. The number of hydrogen-bond acceptors (Lipinski definition) is 5. The molecule has 1 aromatic heterocycles. The lowest BCUT2D eigenvalue weighted by Gasteiger charge is -2.35. The minimum atomic E-state index is -0.207. The van der Waals surface area contributed by atoms with Gasteiger partial charge in [0.25, 0.3) is 0 Å². The molecule has 1 aromatic carbocycles. The number of hydrogen-bond donors (Lipinski definition) is 2. The first kappa shape index (κ1) is 19.7. The molecule has 0 bridgehead atoms. The van der Waals surface area contributed by atoms with Gasteiger partial charge in [-0.05, 0) is 42.5 Å². The molecule has 4 rings (SSSR count). The molecule has 1 atom stereocenters. The summed E-state index contributed by atoms with van der Waals surface area (Å²) in [6.07, 6.45) is 4.66. The lowest BCUT2D eigenvalue weighted by molar-refractivity contribution is 0.122. The van der Waals surface area contributed by atoms with Crippen LogP contribution in [-0.2, 0) is 11.2 Å². The van der Waals surface area contributed by atoms with E-state index in [1.54, 1.807) is 11.1 Å². The number of aliphatic hydroxyl groups is 1. The molecule has 0 unspecified atom stereocenters. The molecule has 0 radical (unpaired) electrons. The average molecular weight is 396 g/mol. The standard InChI is InChI=1S/C22H28N4O3/c27-13-10-26(20-7-3-5-17-4-1-2-6-19(17)20)22(28)24-18-8-9-21(23-16-18)25-11-14-29-15-12-25/h1-2,4,6,8-9,16,20,27H,3,5,7,10-15H2,(H,24,28)/t20-/m0/s1. The smallest absolute Gasteiger partial charge is 0.322 e. The highest BCUT2D eigenvalue weighted by atomic mass is 16.5. The summed E-state index contributed by atoms with van der Waals surface area (Å²) in [5.41, 5.74) is 3.12. The average Bonchev–Trinajstić information content (AvgIpc) is 2.78. The zero-order valence-electron chi connectivity index (χ0n) is 16.6. The Kier molecular flexibility index (Phi) is 6.27. The second-order valence-electron chi connectivity index (χ2n) is 7.46. The maximum atomic E-state index is 13.0. The van der Waals surface area contributed by atoms with Crippen LogP contribution >= 0.6 is 0 Å². The van der Waals surface area contributed by atoms with Crippen molar-refractivity contribution in [2.45, 2.75) is 25.3 Å². The molecule has 0 saturated carbocycles. The SMILES string of the molecule is O=C(Nc1ccc(N2CCOCC2)nc1)N(CCO)[C@H]1CCCc2ccccc21. The lowest BCUT2D eigenvalue weighted by atomic mass is 9.87. The molecule has 29 heavy (non-hydrogen) atoms. The molecule has 0 spiro atoms. The monoisotopic (exact) mass is 396 g/mol. The number of rotatable bonds is 5. The largest absolute Gasteiger partial charge is 0.395 e. The molecule has 7 heteroatoms. The Morgan fingerprint density at radius 3 is 2.83 bits per heavy atom. The zero-order valence-corrected chi connectivity index (χ0v) is 16.6. The summed E-state index contributed by atoms with van der Waals surface area (Å²) in [6, 6.07) is 11.9. The first-order valence-electron chi connectivity index (χ1n) is 10.3. The highest BCUT2D eigenvalue weighted by molar-refractivity contribution is 5.89. The Hall–Kier alpha value is -2.64. The third-order valence-corrected chi connectivity index (χ3v) is 5.65. The van der Waals surface area contributed by atoms with E-state index >= 15 is 0 Å². The van der Waals surface area contributed by atoms with Crippen molar-refractivity contribution in [3.8, 4) is 0 Å². The molecule has 1 aliphatic heterocycles.